The lowest BCUT2D eigenvalue weighted by Crippen LogP contribution is -2.24. The van der Waals surface area contributed by atoms with Gasteiger partial charge in [-0.05, 0) is 61.1 Å². The van der Waals surface area contributed by atoms with Gasteiger partial charge in [-0.3, -0.25) is 0 Å². The fourth-order valence-electron chi connectivity index (χ4n) is 2.22. The van der Waals surface area contributed by atoms with E-state index in [2.05, 4.69) is 28.8 Å². The summed E-state index contributed by atoms with van der Waals surface area (Å²) in [5, 5.41) is 9.24. The number of nitrogens with zero attached hydrogens (tertiary/aromatic N) is 2. The van der Waals surface area contributed by atoms with Gasteiger partial charge in [0.15, 0.2) is 0 Å². The van der Waals surface area contributed by atoms with Crippen LogP contribution in [-0.4, -0.2) is 16.1 Å². The zero-order chi connectivity index (χ0) is 15.2. The van der Waals surface area contributed by atoms with Crippen LogP contribution < -0.4 is 5.32 Å². The molecule has 0 aliphatic carbocycles. The fraction of sp³-hybridized carbons (Fsp3) is 0.467. The van der Waals surface area contributed by atoms with Gasteiger partial charge in [0, 0.05) is 16.1 Å². The van der Waals surface area contributed by atoms with E-state index < -0.39 is 0 Å². The average Bonchev–Trinajstić information content (AvgIpc) is 2.95. The lowest BCUT2D eigenvalue weighted by Gasteiger charge is -2.18. The third-order valence-electron chi connectivity index (χ3n) is 3.31. The molecule has 0 saturated carbocycles. The number of aromatic nitrogens is 2. The third-order valence-corrected chi connectivity index (χ3v) is 4.79. The molecular formula is C15H19Cl2N3S. The van der Waals surface area contributed by atoms with E-state index in [1.54, 1.807) is 0 Å². The number of nitrogens with one attached hydrogen (secondary N) is 1. The van der Waals surface area contributed by atoms with E-state index >= 15 is 0 Å². The van der Waals surface area contributed by atoms with Gasteiger partial charge >= 0.3 is 0 Å². The highest BCUT2D eigenvalue weighted by Gasteiger charge is 2.19. The maximum absolute atomic E-state index is 6.30. The predicted molar refractivity (Wildman–Crippen MR) is 90.5 cm³/mol. The highest BCUT2D eigenvalue weighted by atomic mass is 35.5. The van der Waals surface area contributed by atoms with Crippen molar-refractivity contribution in [2.45, 2.75) is 39.2 Å². The quantitative estimate of drug-likeness (QED) is 0.792. The van der Waals surface area contributed by atoms with Gasteiger partial charge in [0.05, 0.1) is 10.6 Å². The van der Waals surface area contributed by atoms with Crippen LogP contribution in [0.15, 0.2) is 18.2 Å². The lowest BCUT2D eigenvalue weighted by atomic mass is 10.0. The van der Waals surface area contributed by atoms with Crippen molar-refractivity contribution in [3.63, 3.8) is 0 Å². The highest BCUT2D eigenvalue weighted by Crippen LogP contribution is 2.29. The van der Waals surface area contributed by atoms with Crippen LogP contribution in [0.2, 0.25) is 10.0 Å². The molecule has 1 heterocycles. The molecule has 114 valence electrons. The van der Waals surface area contributed by atoms with Crippen LogP contribution in [0.4, 0.5) is 0 Å². The summed E-state index contributed by atoms with van der Waals surface area (Å²) in [6.07, 6.45) is 2.75. The molecule has 0 spiro atoms. The van der Waals surface area contributed by atoms with E-state index in [0.717, 1.165) is 42.1 Å². The Balaban J connectivity index is 2.26. The van der Waals surface area contributed by atoms with Crippen LogP contribution in [0, 0.1) is 0 Å². The Morgan fingerprint density at radius 2 is 2.10 bits per heavy atom. The molecule has 2 aromatic rings. The van der Waals surface area contributed by atoms with E-state index in [1.165, 1.54) is 16.4 Å². The van der Waals surface area contributed by atoms with Crippen molar-refractivity contribution in [1.82, 2.24) is 14.9 Å². The zero-order valence-corrected chi connectivity index (χ0v) is 14.5. The van der Waals surface area contributed by atoms with Gasteiger partial charge in [-0.2, -0.15) is 0 Å². The normalized spacial score (nSPS) is 12.6. The second-order valence-corrected chi connectivity index (χ2v) is 6.51. The Kier molecular flexibility index (Phi) is 6.42. The third kappa shape index (κ3) is 4.39. The molecule has 0 fully saturated rings. The summed E-state index contributed by atoms with van der Waals surface area (Å²) in [5.41, 5.74) is 2.11. The van der Waals surface area contributed by atoms with Crippen molar-refractivity contribution >= 4 is 34.7 Å². The Morgan fingerprint density at radius 1 is 1.29 bits per heavy atom. The first-order valence-corrected chi connectivity index (χ1v) is 8.67. The number of benzene rings is 1. The smallest absolute Gasteiger partial charge is 0.0801 e. The molecule has 1 atom stereocenters. The number of hydrogen-bond acceptors (Lipinski definition) is 4. The minimum absolute atomic E-state index is 0.177. The van der Waals surface area contributed by atoms with E-state index in [4.69, 9.17) is 23.2 Å². The van der Waals surface area contributed by atoms with Crippen molar-refractivity contribution in [3.05, 3.63) is 44.4 Å². The Hall–Kier alpha value is -0.680. The van der Waals surface area contributed by atoms with Gasteiger partial charge in [0.25, 0.3) is 0 Å². The summed E-state index contributed by atoms with van der Waals surface area (Å²) in [5.74, 6) is 0. The van der Waals surface area contributed by atoms with Crippen LogP contribution >= 0.6 is 34.7 Å². The van der Waals surface area contributed by atoms with Crippen LogP contribution in [0.5, 0.6) is 0 Å². The molecule has 0 amide bonds. The highest BCUT2D eigenvalue weighted by molar-refractivity contribution is 7.05. The molecule has 0 aliphatic heterocycles. The van der Waals surface area contributed by atoms with Gasteiger partial charge in [-0.1, -0.05) is 41.5 Å². The van der Waals surface area contributed by atoms with E-state index in [-0.39, 0.29) is 6.04 Å². The first-order chi connectivity index (χ1) is 10.2. The van der Waals surface area contributed by atoms with Gasteiger partial charge in [-0.25, -0.2) is 0 Å². The molecule has 0 bridgehead atoms. The van der Waals surface area contributed by atoms with Crippen LogP contribution in [0.1, 0.15) is 42.4 Å². The molecule has 1 N–H and O–H groups in total. The van der Waals surface area contributed by atoms with Crippen LogP contribution in [0.3, 0.4) is 0 Å². The Labute approximate surface area is 139 Å². The van der Waals surface area contributed by atoms with Gasteiger partial charge in [0.2, 0.25) is 0 Å². The van der Waals surface area contributed by atoms with E-state index in [9.17, 15) is 0 Å². The first-order valence-electron chi connectivity index (χ1n) is 7.14. The van der Waals surface area contributed by atoms with Crippen LogP contribution in [0.25, 0.3) is 0 Å². The Bertz CT molecular complexity index is 586. The number of aryl methyl sites for hydroxylation is 1. The van der Waals surface area contributed by atoms with Crippen molar-refractivity contribution in [3.8, 4) is 0 Å². The zero-order valence-electron chi connectivity index (χ0n) is 12.2. The lowest BCUT2D eigenvalue weighted by molar-refractivity contribution is 0.532. The van der Waals surface area contributed by atoms with Gasteiger partial charge in [0.1, 0.15) is 0 Å². The maximum atomic E-state index is 6.30. The largest absolute Gasteiger partial charge is 0.309 e. The molecule has 2 rings (SSSR count). The summed E-state index contributed by atoms with van der Waals surface area (Å²) in [7, 11) is 0. The minimum atomic E-state index is 0.177. The summed E-state index contributed by atoms with van der Waals surface area (Å²) >= 11 is 13.8. The maximum Gasteiger partial charge on any atom is 0.0801 e. The van der Waals surface area contributed by atoms with Gasteiger partial charge < -0.3 is 5.32 Å². The van der Waals surface area contributed by atoms with Crippen molar-refractivity contribution in [1.29, 1.82) is 0 Å². The second kappa shape index (κ2) is 8.08. The van der Waals surface area contributed by atoms with E-state index in [1.807, 2.05) is 18.2 Å². The Morgan fingerprint density at radius 3 is 2.81 bits per heavy atom. The molecule has 6 heteroatoms. The second-order valence-electron chi connectivity index (χ2n) is 4.88. The summed E-state index contributed by atoms with van der Waals surface area (Å²) in [6.45, 7) is 5.20. The topological polar surface area (TPSA) is 37.8 Å². The predicted octanol–water partition coefficient (Wildman–Crippen LogP) is 4.69. The number of rotatable bonds is 7. The summed E-state index contributed by atoms with van der Waals surface area (Å²) in [6, 6.07) is 5.77. The molecule has 3 nitrogen and oxygen atoms in total. The first kappa shape index (κ1) is 16.7. The number of hydrogen-bond donors (Lipinski definition) is 1. The average molecular weight is 344 g/mol. The van der Waals surface area contributed by atoms with E-state index in [0.29, 0.717) is 5.02 Å². The standard InChI is InChI=1S/C15H19Cl2N3S/c1-3-7-18-14(15-13(4-2)19-20-21-15)9-10-8-11(16)5-6-12(10)17/h5-6,8,14,18H,3-4,7,9H2,1-2H3. The van der Waals surface area contributed by atoms with Crippen LogP contribution in [-0.2, 0) is 12.8 Å². The molecular weight excluding hydrogens is 325 g/mol. The van der Waals surface area contributed by atoms with Crippen molar-refractivity contribution in [2.24, 2.45) is 0 Å². The molecule has 0 saturated heterocycles. The van der Waals surface area contributed by atoms with Crippen molar-refractivity contribution in [2.75, 3.05) is 6.54 Å². The fourth-order valence-corrected chi connectivity index (χ4v) is 3.42. The summed E-state index contributed by atoms with van der Waals surface area (Å²) < 4.78 is 4.10. The molecule has 1 unspecified atom stereocenters. The number of halogens is 2. The molecule has 1 aromatic heterocycles. The molecule has 0 radical (unpaired) electrons. The summed E-state index contributed by atoms with van der Waals surface area (Å²) in [4.78, 5) is 1.20. The SMILES string of the molecule is CCCNC(Cc1cc(Cl)ccc1Cl)c1snnc1CC. The molecule has 0 aliphatic rings. The van der Waals surface area contributed by atoms with Gasteiger partial charge in [-0.15, -0.1) is 5.10 Å². The molecule has 21 heavy (non-hydrogen) atoms. The minimum Gasteiger partial charge on any atom is -0.309 e. The molecule has 1 aromatic carbocycles. The monoisotopic (exact) mass is 343 g/mol. The van der Waals surface area contributed by atoms with Crippen molar-refractivity contribution < 1.29 is 0 Å².